The summed E-state index contributed by atoms with van der Waals surface area (Å²) >= 11 is 0. The molecule has 1 fully saturated rings. The average molecular weight is 525 g/mol. The van der Waals surface area contributed by atoms with Gasteiger partial charge in [-0.05, 0) is 25.0 Å². The Morgan fingerprint density at radius 3 is 2.49 bits per heavy atom. The Kier molecular flexibility index (Phi) is 7.79. The summed E-state index contributed by atoms with van der Waals surface area (Å²) in [6, 6.07) is 7.02. The van der Waals surface area contributed by atoms with Gasteiger partial charge in [-0.15, -0.1) is 0 Å². The minimum absolute atomic E-state index is 0.00574. The highest BCUT2D eigenvalue weighted by atomic mass is 32.2. The predicted molar refractivity (Wildman–Crippen MR) is 141 cm³/mol. The zero-order chi connectivity index (χ0) is 26.6. The summed E-state index contributed by atoms with van der Waals surface area (Å²) in [6.45, 7) is -0.129. The van der Waals surface area contributed by atoms with Crippen LogP contribution in [0, 0.1) is 5.92 Å². The zero-order valence-electron chi connectivity index (χ0n) is 21.0. The highest BCUT2D eigenvalue weighted by Crippen LogP contribution is 2.38. The molecule has 4 rings (SSSR count). The summed E-state index contributed by atoms with van der Waals surface area (Å²) in [5.41, 5.74) is 2.44. The first-order valence-electron chi connectivity index (χ1n) is 11.4. The minimum Gasteiger partial charge on any atom is -0.494 e. The van der Waals surface area contributed by atoms with E-state index in [1.807, 2.05) is 6.07 Å². The van der Waals surface area contributed by atoms with Gasteiger partial charge in [-0.3, -0.25) is 14.6 Å². The number of hydrogen-bond donors (Lipinski definition) is 2. The van der Waals surface area contributed by atoms with Crippen LogP contribution >= 0.6 is 0 Å². The van der Waals surface area contributed by atoms with Crippen molar-refractivity contribution in [2.24, 2.45) is 10.3 Å². The highest BCUT2D eigenvalue weighted by molar-refractivity contribution is 7.92. The van der Waals surface area contributed by atoms with Gasteiger partial charge < -0.3 is 20.1 Å². The number of ether oxygens (including phenoxy) is 2. The summed E-state index contributed by atoms with van der Waals surface area (Å²) in [5, 5.41) is 6.05. The first-order chi connectivity index (χ1) is 17.7. The van der Waals surface area contributed by atoms with E-state index in [-0.39, 0.29) is 30.0 Å². The maximum Gasteiger partial charge on any atom is 0.228 e. The Labute approximate surface area is 215 Å². The van der Waals surface area contributed by atoms with Crippen LogP contribution in [0.3, 0.4) is 0 Å². The Balaban J connectivity index is 1.70. The molecule has 1 aliphatic carbocycles. The molecule has 3 aromatic rings. The van der Waals surface area contributed by atoms with Crippen molar-refractivity contribution in [1.29, 1.82) is 0 Å². The largest absolute Gasteiger partial charge is 0.494 e. The second kappa shape index (κ2) is 11.0. The summed E-state index contributed by atoms with van der Waals surface area (Å²) in [4.78, 5) is 37.9. The van der Waals surface area contributed by atoms with Gasteiger partial charge in [-0.2, -0.15) is 4.36 Å². The van der Waals surface area contributed by atoms with E-state index in [9.17, 15) is 13.8 Å². The molecule has 0 radical (unpaired) electrons. The zero-order valence-corrected chi connectivity index (χ0v) is 21.8. The number of hydrogen-bond acceptors (Lipinski definition) is 10. The molecular weight excluding hydrogens is 496 g/mol. The van der Waals surface area contributed by atoms with E-state index in [1.54, 1.807) is 18.2 Å². The number of anilines is 3. The van der Waals surface area contributed by atoms with E-state index in [2.05, 4.69) is 29.9 Å². The lowest BCUT2D eigenvalue weighted by molar-refractivity contribution is -0.117. The third-order valence-corrected chi connectivity index (χ3v) is 6.02. The summed E-state index contributed by atoms with van der Waals surface area (Å²) in [7, 11) is 0.595. The van der Waals surface area contributed by atoms with Crippen LogP contribution in [0.5, 0.6) is 5.75 Å². The lowest BCUT2D eigenvalue weighted by Crippen LogP contribution is -2.16. The van der Waals surface area contributed by atoms with Crippen molar-refractivity contribution in [3.8, 4) is 17.0 Å². The molecule has 1 aliphatic rings. The van der Waals surface area contributed by atoms with Gasteiger partial charge in [0, 0.05) is 53.1 Å². The molecule has 0 bridgehead atoms. The van der Waals surface area contributed by atoms with Gasteiger partial charge in [0.15, 0.2) is 17.4 Å². The number of Topliss-reactive ketones (excluding diaryl/α,β-unsaturated/α-hetero) is 1. The highest BCUT2D eigenvalue weighted by Gasteiger charge is 2.30. The van der Waals surface area contributed by atoms with E-state index in [4.69, 9.17) is 9.47 Å². The molecule has 2 aromatic heterocycles. The maximum absolute atomic E-state index is 12.7. The molecule has 1 saturated carbocycles. The fourth-order valence-corrected chi connectivity index (χ4v) is 4.11. The number of methoxy groups -OCH3 is 2. The molecule has 0 saturated heterocycles. The standard InChI is InChI=1S/C25H28N6O5S/c1-35-14-21(32)17-11-27-22(30-25(33)15-8-9-15)10-19(17)29-18-7-5-6-16(24(18)36-2)20-12-28-23(13-26-20)31-37(3,4)34/h5-7,10-13,15H,8-9,14H2,1-4H3,(H2,27,29,30,33). The van der Waals surface area contributed by atoms with Crippen LogP contribution < -0.4 is 15.4 Å². The number of ketones is 1. The van der Waals surface area contributed by atoms with Crippen molar-refractivity contribution in [3.05, 3.63) is 48.4 Å². The van der Waals surface area contributed by atoms with Gasteiger partial charge in [-0.25, -0.2) is 14.2 Å². The number of rotatable bonds is 10. The van der Waals surface area contributed by atoms with Gasteiger partial charge in [0.05, 0.1) is 42.1 Å². The normalized spacial score (nSPS) is 13.1. The summed E-state index contributed by atoms with van der Waals surface area (Å²) in [6.07, 6.45) is 9.15. The molecule has 0 spiro atoms. The summed E-state index contributed by atoms with van der Waals surface area (Å²) in [5.74, 6) is 0.696. The molecule has 2 heterocycles. The lowest BCUT2D eigenvalue weighted by atomic mass is 10.1. The quantitative estimate of drug-likeness (QED) is 0.378. The van der Waals surface area contributed by atoms with E-state index in [1.165, 1.54) is 45.3 Å². The van der Waals surface area contributed by atoms with E-state index in [0.717, 1.165) is 12.8 Å². The van der Waals surface area contributed by atoms with Crippen LogP contribution in [0.25, 0.3) is 11.3 Å². The maximum atomic E-state index is 12.7. The Hall–Kier alpha value is -3.90. The second-order valence-corrected chi connectivity index (χ2v) is 11.3. The van der Waals surface area contributed by atoms with Crippen molar-refractivity contribution in [3.63, 3.8) is 0 Å². The van der Waals surface area contributed by atoms with Crippen molar-refractivity contribution < 1.29 is 23.3 Å². The van der Waals surface area contributed by atoms with Crippen LogP contribution in [-0.4, -0.2) is 64.2 Å². The molecule has 194 valence electrons. The van der Waals surface area contributed by atoms with Gasteiger partial charge in [0.25, 0.3) is 0 Å². The first-order valence-corrected chi connectivity index (χ1v) is 13.8. The Bertz CT molecular complexity index is 1440. The number of pyridine rings is 1. The van der Waals surface area contributed by atoms with E-state index < -0.39 is 9.73 Å². The van der Waals surface area contributed by atoms with E-state index >= 15 is 0 Å². The smallest absolute Gasteiger partial charge is 0.228 e. The first kappa shape index (κ1) is 26.2. The third kappa shape index (κ3) is 6.66. The fraction of sp³-hybridized carbons (Fsp3) is 0.320. The summed E-state index contributed by atoms with van der Waals surface area (Å²) < 4.78 is 26.7. The molecule has 12 heteroatoms. The van der Waals surface area contributed by atoms with Crippen LogP contribution in [0.15, 0.2) is 47.2 Å². The van der Waals surface area contributed by atoms with Crippen molar-refractivity contribution >= 4 is 44.4 Å². The van der Waals surface area contributed by atoms with Crippen LogP contribution in [-0.2, 0) is 19.3 Å². The Morgan fingerprint density at radius 2 is 1.86 bits per heavy atom. The Morgan fingerprint density at radius 1 is 1.08 bits per heavy atom. The number of amides is 1. The van der Waals surface area contributed by atoms with Crippen molar-refractivity contribution in [2.75, 3.05) is 44.0 Å². The number of nitrogens with zero attached hydrogens (tertiary/aromatic N) is 4. The molecule has 1 aromatic carbocycles. The number of aromatic nitrogens is 3. The van der Waals surface area contributed by atoms with Crippen LogP contribution in [0.2, 0.25) is 0 Å². The predicted octanol–water partition coefficient (Wildman–Crippen LogP) is 3.83. The molecule has 2 N–H and O–H groups in total. The van der Waals surface area contributed by atoms with Gasteiger partial charge in [-0.1, -0.05) is 6.07 Å². The number of carbonyl (C=O) groups excluding carboxylic acids is 2. The van der Waals surface area contributed by atoms with Gasteiger partial charge >= 0.3 is 0 Å². The molecule has 11 nitrogen and oxygen atoms in total. The van der Waals surface area contributed by atoms with Crippen LogP contribution in [0.1, 0.15) is 23.2 Å². The van der Waals surface area contributed by atoms with Gasteiger partial charge in [0.2, 0.25) is 5.91 Å². The third-order valence-electron chi connectivity index (χ3n) is 5.40. The van der Waals surface area contributed by atoms with Crippen molar-refractivity contribution in [2.45, 2.75) is 12.8 Å². The topological polar surface area (TPSA) is 145 Å². The molecule has 0 unspecified atom stereocenters. The minimum atomic E-state index is -2.37. The number of nitrogens with one attached hydrogen (secondary N) is 2. The molecule has 0 atom stereocenters. The molecule has 37 heavy (non-hydrogen) atoms. The number of carbonyl (C=O) groups is 2. The molecule has 1 amide bonds. The number of para-hydroxylation sites is 1. The molecule has 0 aliphatic heterocycles. The average Bonchev–Trinajstić information content (AvgIpc) is 3.69. The van der Waals surface area contributed by atoms with E-state index in [0.29, 0.717) is 39.8 Å². The lowest BCUT2D eigenvalue weighted by Gasteiger charge is -2.17. The monoisotopic (exact) mass is 524 g/mol. The SMILES string of the molecule is COCC(=O)c1cnc(NC(=O)C2CC2)cc1Nc1cccc(-c2cnc(N=S(C)(C)=O)cn2)c1OC. The van der Waals surface area contributed by atoms with Gasteiger partial charge in [0.1, 0.15) is 12.4 Å². The number of benzene rings is 1. The molecular formula is C25H28N6O5S. The van der Waals surface area contributed by atoms with Crippen LogP contribution in [0.4, 0.5) is 23.0 Å². The second-order valence-electron chi connectivity index (χ2n) is 8.78. The fourth-order valence-electron chi connectivity index (χ4n) is 3.57. The van der Waals surface area contributed by atoms with Crippen molar-refractivity contribution in [1.82, 2.24) is 15.0 Å².